The fraction of sp³-hybridized carbons (Fsp3) is 0.105. The number of nitrogen functional groups attached to an aromatic ring is 1. The normalized spacial score (nSPS) is 12.0. The Bertz CT molecular complexity index is 1130. The van der Waals surface area contributed by atoms with Crippen LogP contribution < -0.4 is 10.5 Å². The van der Waals surface area contributed by atoms with Crippen LogP contribution in [0.2, 0.25) is 0 Å². The second kappa shape index (κ2) is 5.66. The number of halogens is 3. The Morgan fingerprint density at radius 3 is 2.50 bits per heavy atom. The van der Waals surface area contributed by atoms with E-state index in [9.17, 15) is 13.2 Å². The fourth-order valence-electron chi connectivity index (χ4n) is 3.16. The van der Waals surface area contributed by atoms with Crippen molar-refractivity contribution in [1.82, 2.24) is 9.55 Å². The number of aromatic nitrogens is 2. The van der Waals surface area contributed by atoms with Crippen LogP contribution in [0.3, 0.4) is 0 Å². The number of hydrogen-bond acceptors (Lipinski definition) is 3. The summed E-state index contributed by atoms with van der Waals surface area (Å²) in [5, 5.41) is 1.20. The molecule has 2 aromatic heterocycles. The third-order valence-electron chi connectivity index (χ3n) is 4.25. The summed E-state index contributed by atoms with van der Waals surface area (Å²) in [6, 6.07) is 14.0. The highest BCUT2D eigenvalue weighted by atomic mass is 19.4. The van der Waals surface area contributed by atoms with Gasteiger partial charge in [-0.3, -0.25) is 0 Å². The molecule has 4 nitrogen and oxygen atoms in total. The zero-order chi connectivity index (χ0) is 18.5. The van der Waals surface area contributed by atoms with Crippen LogP contribution in [-0.2, 0) is 0 Å². The molecule has 4 rings (SSSR count). The second-order valence-corrected chi connectivity index (χ2v) is 5.93. The largest absolute Gasteiger partial charge is 0.573 e. The summed E-state index contributed by atoms with van der Waals surface area (Å²) < 4.78 is 44.2. The number of pyridine rings is 1. The number of nitrogens with zero attached hydrogens (tertiary/aromatic N) is 2. The molecule has 26 heavy (non-hydrogen) atoms. The van der Waals surface area contributed by atoms with Crippen molar-refractivity contribution in [3.63, 3.8) is 0 Å². The first-order chi connectivity index (χ1) is 12.3. The Labute approximate surface area is 146 Å². The SMILES string of the molecule is Cc1ccccc1-n1ccc2c(N)nc3c(OC(F)(F)F)cccc3c21. The van der Waals surface area contributed by atoms with Gasteiger partial charge in [-0.2, -0.15) is 0 Å². The van der Waals surface area contributed by atoms with Gasteiger partial charge in [0.15, 0.2) is 5.75 Å². The molecule has 0 radical (unpaired) electrons. The molecule has 7 heteroatoms. The first kappa shape index (κ1) is 16.3. The van der Waals surface area contributed by atoms with Gasteiger partial charge in [-0.15, -0.1) is 13.2 Å². The van der Waals surface area contributed by atoms with Gasteiger partial charge in [0, 0.05) is 22.7 Å². The Balaban J connectivity index is 2.08. The van der Waals surface area contributed by atoms with Crippen LogP contribution in [0.15, 0.2) is 54.7 Å². The van der Waals surface area contributed by atoms with Crippen molar-refractivity contribution in [1.29, 1.82) is 0 Å². The molecule has 4 aromatic rings. The van der Waals surface area contributed by atoms with E-state index < -0.39 is 6.36 Å². The molecule has 2 heterocycles. The molecule has 2 N–H and O–H groups in total. The second-order valence-electron chi connectivity index (χ2n) is 5.93. The van der Waals surface area contributed by atoms with E-state index in [-0.39, 0.29) is 17.1 Å². The topological polar surface area (TPSA) is 53.1 Å². The standard InChI is InChI=1S/C19H14F3N3O/c1-11-5-2-3-7-14(11)25-10-9-13-17(25)12-6-4-8-15(26-19(20,21)22)16(12)24-18(13)23/h2-10H,1H3,(H2,23,24). The predicted molar refractivity (Wildman–Crippen MR) is 94.4 cm³/mol. The zero-order valence-corrected chi connectivity index (χ0v) is 13.7. The van der Waals surface area contributed by atoms with E-state index in [0.717, 1.165) is 11.3 Å². The van der Waals surface area contributed by atoms with E-state index in [1.54, 1.807) is 12.1 Å². The molecule has 0 saturated heterocycles. The molecule has 0 bridgehead atoms. The number of fused-ring (bicyclic) bond motifs is 3. The maximum absolute atomic E-state index is 12.7. The number of rotatable bonds is 2. The molecular weight excluding hydrogens is 343 g/mol. The number of alkyl halides is 3. The minimum atomic E-state index is -4.81. The van der Waals surface area contributed by atoms with Crippen LogP contribution in [0.5, 0.6) is 5.75 Å². The molecule has 2 aromatic carbocycles. The lowest BCUT2D eigenvalue weighted by molar-refractivity contribution is -0.274. The number of ether oxygens (including phenoxy) is 1. The summed E-state index contributed by atoms with van der Waals surface area (Å²) in [6.45, 7) is 1.96. The monoisotopic (exact) mass is 357 g/mol. The van der Waals surface area contributed by atoms with Crippen molar-refractivity contribution in [2.24, 2.45) is 0 Å². The molecule has 0 unspecified atom stereocenters. The van der Waals surface area contributed by atoms with E-state index in [2.05, 4.69) is 9.72 Å². The molecule has 0 aliphatic rings. The molecule has 132 valence electrons. The third kappa shape index (κ3) is 2.61. The van der Waals surface area contributed by atoms with Crippen LogP contribution in [0.25, 0.3) is 27.5 Å². The van der Waals surface area contributed by atoms with E-state index >= 15 is 0 Å². The lowest BCUT2D eigenvalue weighted by atomic mass is 10.1. The summed E-state index contributed by atoms with van der Waals surface area (Å²) in [5.74, 6) is -0.223. The van der Waals surface area contributed by atoms with Crippen molar-refractivity contribution >= 4 is 27.6 Å². The van der Waals surface area contributed by atoms with Crippen molar-refractivity contribution in [2.75, 3.05) is 5.73 Å². The number of para-hydroxylation sites is 2. The first-order valence-corrected chi connectivity index (χ1v) is 7.86. The van der Waals surface area contributed by atoms with Crippen molar-refractivity contribution in [3.05, 3.63) is 60.3 Å². The highest BCUT2D eigenvalue weighted by Gasteiger charge is 2.32. The first-order valence-electron chi connectivity index (χ1n) is 7.86. The summed E-state index contributed by atoms with van der Waals surface area (Å²) >= 11 is 0. The maximum atomic E-state index is 12.7. The third-order valence-corrected chi connectivity index (χ3v) is 4.25. The van der Waals surface area contributed by atoms with Gasteiger partial charge in [-0.05, 0) is 30.7 Å². The van der Waals surface area contributed by atoms with Crippen LogP contribution >= 0.6 is 0 Å². The zero-order valence-electron chi connectivity index (χ0n) is 13.7. The number of hydrogen-bond donors (Lipinski definition) is 1. The van der Waals surface area contributed by atoms with E-state index in [4.69, 9.17) is 5.73 Å². The highest BCUT2D eigenvalue weighted by molar-refractivity contribution is 6.10. The Kier molecular flexibility index (Phi) is 3.54. The van der Waals surface area contributed by atoms with Gasteiger partial charge in [-0.25, -0.2) is 4.98 Å². The number of aryl methyl sites for hydroxylation is 1. The minimum Gasteiger partial charge on any atom is -0.403 e. The number of benzene rings is 2. The van der Waals surface area contributed by atoms with Gasteiger partial charge in [-0.1, -0.05) is 30.3 Å². The molecule has 0 aliphatic carbocycles. The summed E-state index contributed by atoms with van der Waals surface area (Å²) in [7, 11) is 0. The Morgan fingerprint density at radius 1 is 1.00 bits per heavy atom. The molecule has 0 atom stereocenters. The predicted octanol–water partition coefficient (Wildman–Crippen LogP) is 4.97. The van der Waals surface area contributed by atoms with Gasteiger partial charge in [0.1, 0.15) is 11.3 Å². The van der Waals surface area contributed by atoms with Crippen molar-refractivity contribution in [3.8, 4) is 11.4 Å². The van der Waals surface area contributed by atoms with E-state index in [1.807, 2.05) is 42.0 Å². The molecule has 0 saturated carbocycles. The average Bonchev–Trinajstić information content (AvgIpc) is 3.01. The van der Waals surface area contributed by atoms with Gasteiger partial charge >= 0.3 is 6.36 Å². The van der Waals surface area contributed by atoms with Crippen LogP contribution in [0.4, 0.5) is 19.0 Å². The van der Waals surface area contributed by atoms with Gasteiger partial charge in [0.05, 0.1) is 5.52 Å². The Morgan fingerprint density at radius 2 is 1.77 bits per heavy atom. The smallest absolute Gasteiger partial charge is 0.403 e. The lowest BCUT2D eigenvalue weighted by Crippen LogP contribution is -2.17. The summed E-state index contributed by atoms with van der Waals surface area (Å²) in [4.78, 5) is 4.16. The van der Waals surface area contributed by atoms with E-state index in [1.165, 1.54) is 12.1 Å². The maximum Gasteiger partial charge on any atom is 0.573 e. The number of nitrogens with two attached hydrogens (primary N) is 1. The number of anilines is 1. The van der Waals surface area contributed by atoms with E-state index in [0.29, 0.717) is 16.3 Å². The minimum absolute atomic E-state index is 0.0726. The quantitative estimate of drug-likeness (QED) is 0.551. The molecule has 0 amide bonds. The average molecular weight is 357 g/mol. The Hall–Kier alpha value is -3.22. The summed E-state index contributed by atoms with van der Waals surface area (Å²) in [5.41, 5.74) is 8.72. The molecule has 0 aliphatic heterocycles. The van der Waals surface area contributed by atoms with Crippen molar-refractivity contribution in [2.45, 2.75) is 13.3 Å². The molecule has 0 fully saturated rings. The fourth-order valence-corrected chi connectivity index (χ4v) is 3.16. The van der Waals surface area contributed by atoms with Crippen LogP contribution in [0, 0.1) is 6.92 Å². The van der Waals surface area contributed by atoms with Gasteiger partial charge < -0.3 is 15.0 Å². The van der Waals surface area contributed by atoms with Crippen LogP contribution in [0.1, 0.15) is 5.56 Å². The van der Waals surface area contributed by atoms with Gasteiger partial charge in [0.2, 0.25) is 0 Å². The van der Waals surface area contributed by atoms with Gasteiger partial charge in [0.25, 0.3) is 0 Å². The van der Waals surface area contributed by atoms with Crippen molar-refractivity contribution < 1.29 is 17.9 Å². The summed E-state index contributed by atoms with van der Waals surface area (Å²) in [6.07, 6.45) is -2.97. The molecule has 0 spiro atoms. The molecular formula is C19H14F3N3O. The highest BCUT2D eigenvalue weighted by Crippen LogP contribution is 2.36. The van der Waals surface area contributed by atoms with Crippen LogP contribution in [-0.4, -0.2) is 15.9 Å². The lowest BCUT2D eigenvalue weighted by Gasteiger charge is -2.14.